The SMILES string of the molecule is CNc1nc2c(cc1[N+](=O)[O-])C(=O)N(C[C@H]1COCCN1)CC2. The number of carbonyl (C=O) groups is 1. The normalized spacial score (nSPS) is 21.0. The number of rotatable bonds is 4. The van der Waals surface area contributed by atoms with E-state index in [1.807, 2.05) is 0 Å². The molecule has 3 rings (SSSR count). The van der Waals surface area contributed by atoms with Crippen LogP contribution in [0.5, 0.6) is 0 Å². The summed E-state index contributed by atoms with van der Waals surface area (Å²) in [5, 5.41) is 17.2. The van der Waals surface area contributed by atoms with Gasteiger partial charge in [-0.05, 0) is 0 Å². The van der Waals surface area contributed by atoms with E-state index in [2.05, 4.69) is 15.6 Å². The van der Waals surface area contributed by atoms with Crippen LogP contribution in [0.2, 0.25) is 0 Å². The van der Waals surface area contributed by atoms with Crippen molar-refractivity contribution < 1.29 is 14.5 Å². The van der Waals surface area contributed by atoms with Crippen LogP contribution in [0.3, 0.4) is 0 Å². The zero-order valence-corrected chi connectivity index (χ0v) is 12.9. The van der Waals surface area contributed by atoms with Crippen LogP contribution < -0.4 is 10.6 Å². The fourth-order valence-corrected chi connectivity index (χ4v) is 2.93. The molecule has 1 fully saturated rings. The molecule has 0 spiro atoms. The van der Waals surface area contributed by atoms with E-state index in [1.165, 1.54) is 6.07 Å². The first kappa shape index (κ1) is 15.6. The highest BCUT2D eigenvalue weighted by Gasteiger charge is 2.31. The van der Waals surface area contributed by atoms with Gasteiger partial charge in [-0.15, -0.1) is 0 Å². The smallest absolute Gasteiger partial charge is 0.312 e. The Morgan fingerprint density at radius 2 is 2.43 bits per heavy atom. The third-order valence-electron chi connectivity index (χ3n) is 4.09. The molecule has 9 nitrogen and oxygen atoms in total. The summed E-state index contributed by atoms with van der Waals surface area (Å²) in [6.07, 6.45) is 0.585. The summed E-state index contributed by atoms with van der Waals surface area (Å²) >= 11 is 0. The predicted molar refractivity (Wildman–Crippen MR) is 82.7 cm³/mol. The highest BCUT2D eigenvalue weighted by molar-refractivity contribution is 5.97. The lowest BCUT2D eigenvalue weighted by atomic mass is 10.0. The Bertz CT molecular complexity index is 630. The molecule has 3 heterocycles. The van der Waals surface area contributed by atoms with E-state index in [0.29, 0.717) is 44.0 Å². The lowest BCUT2D eigenvalue weighted by molar-refractivity contribution is -0.384. The summed E-state index contributed by atoms with van der Waals surface area (Å²) in [6, 6.07) is 1.42. The number of pyridine rings is 1. The first-order valence-electron chi connectivity index (χ1n) is 7.56. The van der Waals surface area contributed by atoms with Crippen LogP contribution in [0.15, 0.2) is 6.07 Å². The molecule has 1 aromatic rings. The Balaban J connectivity index is 1.83. The molecule has 0 aromatic carbocycles. The van der Waals surface area contributed by atoms with Gasteiger partial charge in [-0.2, -0.15) is 0 Å². The van der Waals surface area contributed by atoms with Crippen LogP contribution in [-0.2, 0) is 11.2 Å². The van der Waals surface area contributed by atoms with Crippen LogP contribution in [0.1, 0.15) is 16.1 Å². The van der Waals surface area contributed by atoms with Gasteiger partial charge in [0.05, 0.1) is 29.4 Å². The van der Waals surface area contributed by atoms with Gasteiger partial charge in [0.25, 0.3) is 5.91 Å². The molecule has 1 amide bonds. The maximum Gasteiger partial charge on any atom is 0.312 e. The van der Waals surface area contributed by atoms with E-state index in [0.717, 1.165) is 6.54 Å². The molecule has 9 heteroatoms. The van der Waals surface area contributed by atoms with Crippen molar-refractivity contribution in [2.45, 2.75) is 12.5 Å². The third-order valence-corrected chi connectivity index (χ3v) is 4.09. The zero-order chi connectivity index (χ0) is 16.4. The average molecular weight is 321 g/mol. The lowest BCUT2D eigenvalue weighted by Gasteiger charge is -2.33. The van der Waals surface area contributed by atoms with Crippen molar-refractivity contribution in [1.82, 2.24) is 15.2 Å². The van der Waals surface area contributed by atoms with E-state index in [1.54, 1.807) is 11.9 Å². The molecular formula is C14H19N5O4. The fraction of sp³-hybridized carbons (Fsp3) is 0.571. The highest BCUT2D eigenvalue weighted by atomic mass is 16.6. The summed E-state index contributed by atoms with van der Waals surface area (Å²) in [4.78, 5) is 29.2. The standard InChI is InChI=1S/C14H19N5O4/c1-15-13-12(19(21)22)6-10-11(17-13)2-4-18(14(10)20)7-9-8-23-5-3-16-9/h6,9,16H,2-5,7-8H2,1H3,(H,15,17)/t9-/m0/s1. The van der Waals surface area contributed by atoms with E-state index in [-0.39, 0.29) is 23.5 Å². The summed E-state index contributed by atoms with van der Waals surface area (Å²) < 4.78 is 5.40. The Kier molecular flexibility index (Phi) is 4.39. The van der Waals surface area contributed by atoms with Crippen molar-refractivity contribution in [3.63, 3.8) is 0 Å². The summed E-state index contributed by atoms with van der Waals surface area (Å²) in [6.45, 7) is 3.09. The monoisotopic (exact) mass is 321 g/mol. The van der Waals surface area contributed by atoms with Crippen LogP contribution >= 0.6 is 0 Å². The van der Waals surface area contributed by atoms with E-state index >= 15 is 0 Å². The number of nitrogens with zero attached hydrogens (tertiary/aromatic N) is 3. The Morgan fingerprint density at radius 3 is 3.09 bits per heavy atom. The van der Waals surface area contributed by atoms with Gasteiger partial charge in [0.2, 0.25) is 5.82 Å². The number of aromatic nitrogens is 1. The largest absolute Gasteiger partial charge is 0.378 e. The molecule has 1 atom stereocenters. The van der Waals surface area contributed by atoms with Crippen molar-refractivity contribution in [3.05, 3.63) is 27.4 Å². The van der Waals surface area contributed by atoms with Gasteiger partial charge in [-0.1, -0.05) is 0 Å². The molecule has 124 valence electrons. The van der Waals surface area contributed by atoms with Crippen LogP contribution in [0.4, 0.5) is 11.5 Å². The number of carbonyl (C=O) groups excluding carboxylic acids is 1. The van der Waals surface area contributed by atoms with Gasteiger partial charge in [-0.3, -0.25) is 14.9 Å². The number of fused-ring (bicyclic) bond motifs is 1. The first-order valence-corrected chi connectivity index (χ1v) is 7.56. The molecule has 23 heavy (non-hydrogen) atoms. The second-order valence-electron chi connectivity index (χ2n) is 5.58. The van der Waals surface area contributed by atoms with Gasteiger partial charge in [-0.25, -0.2) is 4.98 Å². The quantitative estimate of drug-likeness (QED) is 0.594. The number of ether oxygens (including phenoxy) is 1. The first-order chi connectivity index (χ1) is 11.1. The maximum atomic E-state index is 12.6. The van der Waals surface area contributed by atoms with E-state index < -0.39 is 4.92 Å². The van der Waals surface area contributed by atoms with Gasteiger partial charge < -0.3 is 20.3 Å². The molecular weight excluding hydrogens is 302 g/mol. The molecule has 0 aliphatic carbocycles. The second kappa shape index (κ2) is 6.47. The number of morpholine rings is 1. The minimum Gasteiger partial charge on any atom is -0.378 e. The summed E-state index contributed by atoms with van der Waals surface area (Å²) in [5.41, 5.74) is 0.744. The average Bonchev–Trinajstić information content (AvgIpc) is 2.57. The van der Waals surface area contributed by atoms with Gasteiger partial charge in [0, 0.05) is 45.2 Å². The van der Waals surface area contributed by atoms with E-state index in [4.69, 9.17) is 4.74 Å². The van der Waals surface area contributed by atoms with Crippen molar-refractivity contribution in [3.8, 4) is 0 Å². The molecule has 0 unspecified atom stereocenters. The van der Waals surface area contributed by atoms with E-state index in [9.17, 15) is 14.9 Å². The number of nitrogens with one attached hydrogen (secondary N) is 2. The van der Waals surface area contributed by atoms with Crippen LogP contribution in [0, 0.1) is 10.1 Å². The zero-order valence-electron chi connectivity index (χ0n) is 12.9. The number of hydrogen-bond acceptors (Lipinski definition) is 7. The summed E-state index contributed by atoms with van der Waals surface area (Å²) in [7, 11) is 1.58. The minimum absolute atomic E-state index is 0.0915. The van der Waals surface area contributed by atoms with Gasteiger partial charge in [0.15, 0.2) is 0 Å². The predicted octanol–water partition coefficient (Wildman–Crippen LogP) is 0.0182. The third kappa shape index (κ3) is 3.10. The van der Waals surface area contributed by atoms with Gasteiger partial charge >= 0.3 is 5.69 Å². The van der Waals surface area contributed by atoms with Crippen LogP contribution in [-0.4, -0.2) is 66.7 Å². The maximum absolute atomic E-state index is 12.6. The highest BCUT2D eigenvalue weighted by Crippen LogP contribution is 2.28. The van der Waals surface area contributed by atoms with Crippen LogP contribution in [0.25, 0.3) is 0 Å². The second-order valence-corrected chi connectivity index (χ2v) is 5.58. The molecule has 0 saturated carbocycles. The molecule has 1 saturated heterocycles. The molecule has 2 aliphatic rings. The lowest BCUT2D eigenvalue weighted by Crippen LogP contribution is -2.51. The number of amides is 1. The summed E-state index contributed by atoms with van der Waals surface area (Å²) in [5.74, 6) is -0.0192. The Morgan fingerprint density at radius 1 is 1.61 bits per heavy atom. The molecule has 0 radical (unpaired) electrons. The fourth-order valence-electron chi connectivity index (χ4n) is 2.93. The van der Waals surface area contributed by atoms with Crippen molar-refractivity contribution in [2.75, 3.05) is 45.2 Å². The molecule has 2 N–H and O–H groups in total. The molecule has 2 aliphatic heterocycles. The Hall–Kier alpha value is -2.26. The van der Waals surface area contributed by atoms with Gasteiger partial charge in [0.1, 0.15) is 0 Å². The topological polar surface area (TPSA) is 110 Å². The van der Waals surface area contributed by atoms with Crippen molar-refractivity contribution in [2.24, 2.45) is 0 Å². The van der Waals surface area contributed by atoms with Crippen molar-refractivity contribution >= 4 is 17.4 Å². The minimum atomic E-state index is -0.526. The number of anilines is 1. The molecule has 1 aromatic heterocycles. The molecule has 0 bridgehead atoms. The number of hydrogen-bond donors (Lipinski definition) is 2. The van der Waals surface area contributed by atoms with Crippen molar-refractivity contribution in [1.29, 1.82) is 0 Å². The Labute approximate surface area is 133 Å². The number of nitro groups is 1.